The van der Waals surface area contributed by atoms with E-state index < -0.39 is 0 Å². The Balaban J connectivity index is 1.53. The first-order valence-electron chi connectivity index (χ1n) is 10.2. The normalized spacial score (nSPS) is 16.2. The van der Waals surface area contributed by atoms with Crippen LogP contribution in [-0.4, -0.2) is 67.9 Å². The van der Waals surface area contributed by atoms with Crippen LogP contribution in [0.3, 0.4) is 0 Å². The molecule has 0 spiro atoms. The van der Waals surface area contributed by atoms with Crippen molar-refractivity contribution in [1.29, 1.82) is 0 Å². The summed E-state index contributed by atoms with van der Waals surface area (Å²) >= 11 is 0. The Morgan fingerprint density at radius 3 is 2.90 bits per heavy atom. The van der Waals surface area contributed by atoms with Gasteiger partial charge in [0.25, 0.3) is 5.91 Å². The second kappa shape index (κ2) is 8.56. The largest absolute Gasteiger partial charge is 0.351 e. The van der Waals surface area contributed by atoms with Gasteiger partial charge in [0.05, 0.1) is 17.9 Å². The lowest BCUT2D eigenvalue weighted by Gasteiger charge is -2.27. The quantitative estimate of drug-likeness (QED) is 0.632. The molecule has 0 bridgehead atoms. The van der Waals surface area contributed by atoms with Crippen LogP contribution in [0.15, 0.2) is 43.1 Å². The second-order valence-corrected chi connectivity index (χ2v) is 7.71. The van der Waals surface area contributed by atoms with Gasteiger partial charge in [-0.05, 0) is 31.4 Å². The molecule has 1 saturated heterocycles. The summed E-state index contributed by atoms with van der Waals surface area (Å²) in [6.07, 6.45) is 9.86. The number of carbonyl (C=O) groups is 2. The second-order valence-electron chi connectivity index (χ2n) is 7.71. The highest BCUT2D eigenvalue weighted by Crippen LogP contribution is 2.33. The Kier molecular flexibility index (Phi) is 5.69. The number of pyridine rings is 1. The fourth-order valence-electron chi connectivity index (χ4n) is 3.95. The summed E-state index contributed by atoms with van der Waals surface area (Å²) in [6, 6.07) is 5.53. The third-order valence-electron chi connectivity index (χ3n) is 5.41. The molecule has 0 radical (unpaired) electrons. The van der Waals surface area contributed by atoms with E-state index in [-0.39, 0.29) is 18.0 Å². The standard InChI is InChI=1S/C21H27N7O2/c1-25(2)21(30)28-13-5-8-17(28)19-24-18(16-7-3-4-12-27(16)19)20(29)23-9-6-11-26-14-10-22-15-26/h3-4,7,10,12,14-15,17H,5-6,8-9,11,13H2,1-2H3,(H,23,29)/t17-/m0/s1. The van der Waals surface area contributed by atoms with Crippen molar-refractivity contribution >= 4 is 17.5 Å². The predicted molar refractivity (Wildman–Crippen MR) is 112 cm³/mol. The molecule has 0 unspecified atom stereocenters. The van der Waals surface area contributed by atoms with Crippen molar-refractivity contribution in [2.45, 2.75) is 31.8 Å². The number of rotatable bonds is 6. The molecule has 1 aliphatic heterocycles. The zero-order chi connectivity index (χ0) is 21.1. The molecule has 3 aromatic rings. The van der Waals surface area contributed by atoms with E-state index >= 15 is 0 Å². The van der Waals surface area contributed by atoms with Crippen molar-refractivity contribution in [3.05, 3.63) is 54.6 Å². The number of likely N-dealkylation sites (tertiary alicyclic amines) is 1. The average Bonchev–Trinajstić information content (AvgIpc) is 3.49. The van der Waals surface area contributed by atoms with Crippen LogP contribution < -0.4 is 5.32 Å². The van der Waals surface area contributed by atoms with Gasteiger partial charge in [0.2, 0.25) is 0 Å². The number of imidazole rings is 2. The lowest BCUT2D eigenvalue weighted by molar-refractivity contribution is 0.0949. The minimum absolute atomic E-state index is 0.0318. The van der Waals surface area contributed by atoms with Gasteiger partial charge in [-0.3, -0.25) is 4.79 Å². The number of nitrogens with zero attached hydrogens (tertiary/aromatic N) is 6. The van der Waals surface area contributed by atoms with E-state index in [4.69, 9.17) is 4.98 Å². The molecule has 1 N–H and O–H groups in total. The molecule has 0 aromatic carbocycles. The molecule has 158 valence electrons. The Morgan fingerprint density at radius 2 is 2.13 bits per heavy atom. The number of hydrogen-bond donors (Lipinski definition) is 1. The van der Waals surface area contributed by atoms with Crippen LogP contribution in [0.25, 0.3) is 5.52 Å². The Labute approximate surface area is 175 Å². The maximum atomic E-state index is 12.9. The van der Waals surface area contributed by atoms with Gasteiger partial charge >= 0.3 is 6.03 Å². The van der Waals surface area contributed by atoms with Gasteiger partial charge in [-0.2, -0.15) is 0 Å². The van der Waals surface area contributed by atoms with Crippen LogP contribution in [0.4, 0.5) is 4.79 Å². The van der Waals surface area contributed by atoms with Crippen molar-refractivity contribution in [1.82, 2.24) is 34.1 Å². The monoisotopic (exact) mass is 409 g/mol. The van der Waals surface area contributed by atoms with Crippen LogP contribution >= 0.6 is 0 Å². The van der Waals surface area contributed by atoms with Crippen LogP contribution in [0.5, 0.6) is 0 Å². The van der Waals surface area contributed by atoms with Crippen molar-refractivity contribution in [2.24, 2.45) is 0 Å². The van der Waals surface area contributed by atoms with Gasteiger partial charge in [-0.1, -0.05) is 6.07 Å². The van der Waals surface area contributed by atoms with Gasteiger partial charge in [-0.25, -0.2) is 14.8 Å². The molecular weight excluding hydrogens is 382 g/mol. The van der Waals surface area contributed by atoms with E-state index in [0.717, 1.165) is 37.1 Å². The number of hydrogen-bond acceptors (Lipinski definition) is 4. The summed E-state index contributed by atoms with van der Waals surface area (Å²) in [5.41, 5.74) is 1.15. The minimum Gasteiger partial charge on any atom is -0.351 e. The first-order valence-corrected chi connectivity index (χ1v) is 10.2. The van der Waals surface area contributed by atoms with Gasteiger partial charge in [0.1, 0.15) is 5.82 Å². The SMILES string of the molecule is CN(C)C(=O)N1CCC[C@H]1c1nc(C(=O)NCCCn2ccnc2)c2ccccn12. The summed E-state index contributed by atoms with van der Waals surface area (Å²) in [4.78, 5) is 37.6. The minimum atomic E-state index is -0.195. The van der Waals surface area contributed by atoms with E-state index in [1.165, 1.54) is 0 Å². The number of urea groups is 1. The zero-order valence-electron chi connectivity index (χ0n) is 17.4. The lowest BCUT2D eigenvalue weighted by Crippen LogP contribution is -2.39. The predicted octanol–water partition coefficient (Wildman–Crippen LogP) is 2.17. The number of nitrogens with one attached hydrogen (secondary N) is 1. The molecule has 9 heteroatoms. The van der Waals surface area contributed by atoms with Gasteiger partial charge in [0.15, 0.2) is 5.69 Å². The fraction of sp³-hybridized carbons (Fsp3) is 0.429. The summed E-state index contributed by atoms with van der Waals surface area (Å²) in [6.45, 7) is 2.03. The van der Waals surface area contributed by atoms with Gasteiger partial charge < -0.3 is 24.1 Å². The highest BCUT2D eigenvalue weighted by Gasteiger charge is 2.34. The highest BCUT2D eigenvalue weighted by atomic mass is 16.2. The molecule has 0 saturated carbocycles. The third kappa shape index (κ3) is 3.87. The van der Waals surface area contributed by atoms with Crippen molar-refractivity contribution in [3.8, 4) is 0 Å². The Hall–Kier alpha value is -3.36. The number of carbonyl (C=O) groups excluding carboxylic acids is 2. The molecule has 9 nitrogen and oxygen atoms in total. The zero-order valence-corrected chi connectivity index (χ0v) is 17.4. The van der Waals surface area contributed by atoms with Crippen LogP contribution in [0.2, 0.25) is 0 Å². The van der Waals surface area contributed by atoms with E-state index in [1.54, 1.807) is 31.5 Å². The maximum Gasteiger partial charge on any atom is 0.320 e. The average molecular weight is 409 g/mol. The van der Waals surface area contributed by atoms with Gasteiger partial charge in [0, 0.05) is 52.3 Å². The van der Waals surface area contributed by atoms with E-state index in [9.17, 15) is 9.59 Å². The highest BCUT2D eigenvalue weighted by molar-refractivity contribution is 5.99. The molecule has 3 aromatic heterocycles. The van der Waals surface area contributed by atoms with Crippen molar-refractivity contribution < 1.29 is 9.59 Å². The van der Waals surface area contributed by atoms with Crippen molar-refractivity contribution in [2.75, 3.05) is 27.2 Å². The molecule has 0 aliphatic carbocycles. The number of aromatic nitrogens is 4. The Bertz CT molecular complexity index is 1030. The molecule has 30 heavy (non-hydrogen) atoms. The number of amides is 3. The molecule has 1 atom stereocenters. The molecule has 4 rings (SSSR count). The third-order valence-corrected chi connectivity index (χ3v) is 5.41. The molecule has 4 heterocycles. The fourth-order valence-corrected chi connectivity index (χ4v) is 3.95. The van der Waals surface area contributed by atoms with Crippen molar-refractivity contribution in [3.63, 3.8) is 0 Å². The molecule has 1 aliphatic rings. The van der Waals surface area contributed by atoms with E-state index in [2.05, 4.69) is 10.3 Å². The summed E-state index contributed by atoms with van der Waals surface area (Å²) in [5.74, 6) is 0.543. The molecular formula is C21H27N7O2. The maximum absolute atomic E-state index is 12.9. The smallest absolute Gasteiger partial charge is 0.320 e. The number of fused-ring (bicyclic) bond motifs is 1. The lowest BCUT2D eigenvalue weighted by atomic mass is 10.2. The van der Waals surface area contributed by atoms with Crippen LogP contribution in [0, 0.1) is 0 Å². The molecule has 1 fully saturated rings. The van der Waals surface area contributed by atoms with Crippen LogP contribution in [-0.2, 0) is 6.54 Å². The van der Waals surface area contributed by atoms with Gasteiger partial charge in [-0.15, -0.1) is 0 Å². The first-order chi connectivity index (χ1) is 14.6. The van der Waals surface area contributed by atoms with E-state index in [1.807, 2.05) is 44.5 Å². The Morgan fingerprint density at radius 1 is 1.27 bits per heavy atom. The molecule has 3 amide bonds. The summed E-state index contributed by atoms with van der Waals surface area (Å²) in [7, 11) is 3.51. The van der Waals surface area contributed by atoms with Crippen LogP contribution in [0.1, 0.15) is 41.6 Å². The summed E-state index contributed by atoms with van der Waals surface area (Å²) in [5, 5.41) is 2.97. The van der Waals surface area contributed by atoms with E-state index in [0.29, 0.717) is 18.8 Å². The first kappa shape index (κ1) is 19.9. The topological polar surface area (TPSA) is 87.8 Å². The summed E-state index contributed by atoms with van der Waals surface area (Å²) < 4.78 is 3.92. The number of aryl methyl sites for hydroxylation is 1.